The summed E-state index contributed by atoms with van der Waals surface area (Å²) in [6.07, 6.45) is 5.03. The molecule has 2 aromatic rings. The molecule has 1 aromatic carbocycles. The molecule has 1 unspecified atom stereocenters. The van der Waals surface area contributed by atoms with Crippen LogP contribution in [0.5, 0.6) is 0 Å². The van der Waals surface area contributed by atoms with Gasteiger partial charge in [-0.1, -0.05) is 30.3 Å². The molecule has 3 heterocycles. The van der Waals surface area contributed by atoms with E-state index < -0.39 is 0 Å². The van der Waals surface area contributed by atoms with Gasteiger partial charge in [-0.3, -0.25) is 0 Å². The molecular formula is C19H24N4O. The van der Waals surface area contributed by atoms with Gasteiger partial charge >= 0.3 is 0 Å². The lowest BCUT2D eigenvalue weighted by Crippen LogP contribution is -2.22. The Morgan fingerprint density at radius 1 is 1.08 bits per heavy atom. The lowest BCUT2D eigenvalue weighted by Gasteiger charge is -2.19. The number of hydrogen-bond donors (Lipinski definition) is 1. The van der Waals surface area contributed by atoms with E-state index in [4.69, 9.17) is 14.7 Å². The second-order valence-electron chi connectivity index (χ2n) is 6.51. The summed E-state index contributed by atoms with van der Waals surface area (Å²) in [7, 11) is 0. The predicted molar refractivity (Wildman–Crippen MR) is 96.4 cm³/mol. The molecule has 126 valence electrons. The van der Waals surface area contributed by atoms with Gasteiger partial charge < -0.3 is 15.0 Å². The number of anilines is 2. The molecule has 5 nitrogen and oxygen atoms in total. The third-order valence-electron chi connectivity index (χ3n) is 4.72. The molecule has 5 heteroatoms. The number of rotatable bonds is 5. The molecule has 0 radical (unpaired) electrons. The van der Waals surface area contributed by atoms with E-state index in [1.165, 1.54) is 12.8 Å². The number of nitrogens with zero attached hydrogens (tertiary/aromatic N) is 3. The summed E-state index contributed by atoms with van der Waals surface area (Å²) < 4.78 is 5.69. The highest BCUT2D eigenvalue weighted by Crippen LogP contribution is 2.26. The molecule has 0 saturated carbocycles. The van der Waals surface area contributed by atoms with E-state index in [2.05, 4.69) is 28.4 Å². The molecule has 1 atom stereocenters. The van der Waals surface area contributed by atoms with E-state index >= 15 is 0 Å². The molecule has 0 aliphatic carbocycles. The maximum absolute atomic E-state index is 5.69. The fourth-order valence-electron chi connectivity index (χ4n) is 3.39. The van der Waals surface area contributed by atoms with Crippen molar-refractivity contribution >= 4 is 11.8 Å². The molecular weight excluding hydrogens is 300 g/mol. The molecule has 2 fully saturated rings. The molecule has 2 saturated heterocycles. The Morgan fingerprint density at radius 2 is 1.92 bits per heavy atom. The molecule has 1 N–H and O–H groups in total. The van der Waals surface area contributed by atoms with Crippen LogP contribution in [0.3, 0.4) is 0 Å². The Bertz CT molecular complexity index is 664. The first kappa shape index (κ1) is 15.4. The van der Waals surface area contributed by atoms with Gasteiger partial charge in [-0.15, -0.1) is 0 Å². The van der Waals surface area contributed by atoms with Crippen molar-refractivity contribution < 1.29 is 4.74 Å². The van der Waals surface area contributed by atoms with Crippen molar-refractivity contribution in [2.24, 2.45) is 0 Å². The minimum Gasteiger partial charge on any atom is -0.376 e. The molecule has 2 aliphatic rings. The highest BCUT2D eigenvalue weighted by molar-refractivity contribution is 5.65. The summed E-state index contributed by atoms with van der Waals surface area (Å²) in [5.74, 6) is 1.73. The van der Waals surface area contributed by atoms with Gasteiger partial charge in [-0.2, -0.15) is 4.98 Å². The summed E-state index contributed by atoms with van der Waals surface area (Å²) in [5.41, 5.74) is 2.10. The number of hydrogen-bond acceptors (Lipinski definition) is 5. The van der Waals surface area contributed by atoms with Crippen molar-refractivity contribution in [2.45, 2.75) is 31.8 Å². The van der Waals surface area contributed by atoms with Crippen molar-refractivity contribution in [1.29, 1.82) is 0 Å². The maximum atomic E-state index is 5.69. The minimum atomic E-state index is 0.282. The van der Waals surface area contributed by atoms with E-state index in [9.17, 15) is 0 Å². The molecule has 1 aromatic heterocycles. The van der Waals surface area contributed by atoms with Gasteiger partial charge in [0.05, 0.1) is 11.8 Å². The SMILES string of the molecule is c1ccc(-c2cc(N3CCCC3)nc(NCC3CCCO3)n2)cc1. The second kappa shape index (κ2) is 7.18. The Morgan fingerprint density at radius 3 is 2.67 bits per heavy atom. The lowest BCUT2D eigenvalue weighted by atomic mass is 10.1. The zero-order valence-electron chi connectivity index (χ0n) is 13.9. The molecule has 0 amide bonds. The van der Waals surface area contributed by atoms with Gasteiger partial charge in [0, 0.05) is 37.9 Å². The summed E-state index contributed by atoms with van der Waals surface area (Å²) >= 11 is 0. The third-order valence-corrected chi connectivity index (χ3v) is 4.72. The zero-order valence-corrected chi connectivity index (χ0v) is 13.9. The number of ether oxygens (including phenoxy) is 1. The van der Waals surface area contributed by atoms with Crippen molar-refractivity contribution in [3.05, 3.63) is 36.4 Å². The maximum Gasteiger partial charge on any atom is 0.225 e. The first-order chi connectivity index (χ1) is 11.9. The van der Waals surface area contributed by atoms with Gasteiger partial charge in [0.25, 0.3) is 0 Å². The summed E-state index contributed by atoms with van der Waals surface area (Å²) in [4.78, 5) is 11.8. The Balaban J connectivity index is 1.60. The Kier molecular flexibility index (Phi) is 4.60. The van der Waals surface area contributed by atoms with Gasteiger partial charge in [-0.05, 0) is 25.7 Å². The highest BCUT2D eigenvalue weighted by Gasteiger charge is 2.18. The van der Waals surface area contributed by atoms with Crippen LogP contribution >= 0.6 is 0 Å². The van der Waals surface area contributed by atoms with Crippen molar-refractivity contribution in [3.63, 3.8) is 0 Å². The molecule has 4 rings (SSSR count). The summed E-state index contributed by atoms with van der Waals surface area (Å²) in [5, 5.41) is 3.39. The third kappa shape index (κ3) is 3.51. The van der Waals surface area contributed by atoms with Crippen LogP contribution in [0.1, 0.15) is 25.7 Å². The summed E-state index contributed by atoms with van der Waals surface area (Å²) in [6, 6.07) is 12.4. The van der Waals surface area contributed by atoms with E-state index in [0.29, 0.717) is 5.95 Å². The topological polar surface area (TPSA) is 50.3 Å². The van der Waals surface area contributed by atoms with Crippen LogP contribution in [0.15, 0.2) is 36.4 Å². The normalized spacial score (nSPS) is 20.5. The van der Waals surface area contributed by atoms with Crippen LogP contribution in [0.4, 0.5) is 11.8 Å². The van der Waals surface area contributed by atoms with Crippen LogP contribution in [0, 0.1) is 0 Å². The van der Waals surface area contributed by atoms with Crippen LogP contribution < -0.4 is 10.2 Å². The number of aromatic nitrogens is 2. The number of benzene rings is 1. The summed E-state index contributed by atoms with van der Waals surface area (Å²) in [6.45, 7) is 3.81. The van der Waals surface area contributed by atoms with Gasteiger partial charge in [0.1, 0.15) is 5.82 Å². The standard InChI is InChI=1S/C19H24N4O/c1-2-7-15(8-3-1)17-13-18(23-10-4-5-11-23)22-19(21-17)20-14-16-9-6-12-24-16/h1-3,7-8,13,16H,4-6,9-12,14H2,(H,20,21,22). The van der Waals surface area contributed by atoms with Gasteiger partial charge in [0.15, 0.2) is 0 Å². The minimum absolute atomic E-state index is 0.282. The first-order valence-electron chi connectivity index (χ1n) is 8.93. The van der Waals surface area contributed by atoms with Crippen LogP contribution in [-0.2, 0) is 4.74 Å². The quantitative estimate of drug-likeness (QED) is 0.914. The van der Waals surface area contributed by atoms with E-state index in [1.807, 2.05) is 18.2 Å². The second-order valence-corrected chi connectivity index (χ2v) is 6.51. The Hall–Kier alpha value is -2.14. The zero-order chi connectivity index (χ0) is 16.2. The van der Waals surface area contributed by atoms with E-state index in [0.717, 1.165) is 56.2 Å². The highest BCUT2D eigenvalue weighted by atomic mass is 16.5. The fourth-order valence-corrected chi connectivity index (χ4v) is 3.39. The largest absolute Gasteiger partial charge is 0.376 e. The molecule has 24 heavy (non-hydrogen) atoms. The smallest absolute Gasteiger partial charge is 0.225 e. The first-order valence-corrected chi connectivity index (χ1v) is 8.93. The van der Waals surface area contributed by atoms with Gasteiger partial charge in [-0.25, -0.2) is 4.98 Å². The van der Waals surface area contributed by atoms with E-state index in [-0.39, 0.29) is 6.10 Å². The molecule has 0 spiro atoms. The fraction of sp³-hybridized carbons (Fsp3) is 0.474. The van der Waals surface area contributed by atoms with Crippen molar-refractivity contribution in [3.8, 4) is 11.3 Å². The van der Waals surface area contributed by atoms with Crippen LogP contribution in [-0.4, -0.2) is 42.3 Å². The van der Waals surface area contributed by atoms with Crippen LogP contribution in [0.25, 0.3) is 11.3 Å². The number of nitrogens with one attached hydrogen (secondary N) is 1. The van der Waals surface area contributed by atoms with Gasteiger partial charge in [0.2, 0.25) is 5.95 Å². The predicted octanol–water partition coefficient (Wildman–Crippen LogP) is 3.33. The lowest BCUT2D eigenvalue weighted by molar-refractivity contribution is 0.120. The Labute approximate surface area is 143 Å². The van der Waals surface area contributed by atoms with Crippen LogP contribution in [0.2, 0.25) is 0 Å². The van der Waals surface area contributed by atoms with Crippen molar-refractivity contribution in [2.75, 3.05) is 36.5 Å². The van der Waals surface area contributed by atoms with E-state index in [1.54, 1.807) is 0 Å². The average Bonchev–Trinajstić information content (AvgIpc) is 3.34. The van der Waals surface area contributed by atoms with Crippen molar-refractivity contribution in [1.82, 2.24) is 9.97 Å². The monoisotopic (exact) mass is 324 g/mol. The molecule has 0 bridgehead atoms. The molecule has 2 aliphatic heterocycles. The average molecular weight is 324 g/mol.